The Hall–Kier alpha value is -2.66. The van der Waals surface area contributed by atoms with Crippen molar-refractivity contribution in [3.05, 3.63) is 71.8 Å². The van der Waals surface area contributed by atoms with Crippen LogP contribution in [-0.4, -0.2) is 74.4 Å². The van der Waals surface area contributed by atoms with Crippen LogP contribution in [0, 0.1) is 0 Å². The van der Waals surface area contributed by atoms with Gasteiger partial charge in [0.05, 0.1) is 0 Å². The second-order valence-electron chi connectivity index (χ2n) is 6.56. The van der Waals surface area contributed by atoms with E-state index >= 15 is 0 Å². The van der Waals surface area contributed by atoms with Crippen LogP contribution in [0.15, 0.2) is 60.7 Å². The van der Waals surface area contributed by atoms with E-state index in [4.69, 9.17) is 19.8 Å². The Kier molecular flexibility index (Phi) is 14.7. The highest BCUT2D eigenvalue weighted by Gasteiger charge is 2.18. The van der Waals surface area contributed by atoms with E-state index in [1.165, 1.54) is 23.5 Å². The van der Waals surface area contributed by atoms with E-state index in [1.54, 1.807) is 0 Å². The van der Waals surface area contributed by atoms with Crippen molar-refractivity contribution >= 4 is 45.7 Å². The Morgan fingerprint density at radius 2 is 1.25 bits per heavy atom. The lowest BCUT2D eigenvalue weighted by atomic mass is 10.2. The first-order valence-corrected chi connectivity index (χ1v) is 11.2. The van der Waals surface area contributed by atoms with Crippen LogP contribution in [0.5, 0.6) is 0 Å². The summed E-state index contributed by atoms with van der Waals surface area (Å²) in [4.78, 5) is 44.9. The molecule has 174 valence electrons. The van der Waals surface area contributed by atoms with Gasteiger partial charge in [0.2, 0.25) is 10.2 Å². The number of rotatable bonds is 8. The summed E-state index contributed by atoms with van der Waals surface area (Å²) in [5.41, 5.74) is 1.45. The molecule has 0 saturated heterocycles. The fourth-order valence-electron chi connectivity index (χ4n) is 2.33. The molecule has 0 saturated carbocycles. The molecule has 10 heteroatoms. The molecule has 4 N–H and O–H groups in total. The molecule has 0 aromatic heterocycles. The number of carbonyl (C=O) groups excluding carboxylic acids is 2. The molecular weight excluding hydrogens is 454 g/mol. The van der Waals surface area contributed by atoms with Crippen molar-refractivity contribution in [2.45, 2.75) is 11.7 Å². The van der Waals surface area contributed by atoms with Gasteiger partial charge in [-0.05, 0) is 20.5 Å². The maximum atomic E-state index is 12.4. The molecule has 0 radical (unpaired) electrons. The van der Waals surface area contributed by atoms with E-state index in [2.05, 4.69) is 4.90 Å². The third kappa shape index (κ3) is 12.3. The number of aliphatic carboxylic acids is 2. The lowest BCUT2D eigenvalue weighted by molar-refractivity contribution is -0.159. The standard InChI is InChI=1S/C20H23NO2S2.C2H2O4.H2O/c1-21(2)15-18(25-20(23)17-11-7-4-8-12-17)13-14-24-19(22)16-9-5-3-6-10-16;3-1(4)2(5)6;/h3-12,18H,13-15H2,1-2H3;(H,3,4)(H,5,6);1H2. The van der Waals surface area contributed by atoms with Crippen molar-refractivity contribution in [2.75, 3.05) is 26.4 Å². The van der Waals surface area contributed by atoms with Gasteiger partial charge in [-0.15, -0.1) is 0 Å². The van der Waals surface area contributed by atoms with Gasteiger partial charge >= 0.3 is 11.9 Å². The average molecular weight is 482 g/mol. The van der Waals surface area contributed by atoms with Crippen LogP contribution in [0.3, 0.4) is 0 Å². The highest BCUT2D eigenvalue weighted by atomic mass is 32.2. The van der Waals surface area contributed by atoms with Crippen molar-refractivity contribution in [3.63, 3.8) is 0 Å². The van der Waals surface area contributed by atoms with Gasteiger partial charge in [0.1, 0.15) is 0 Å². The Bertz CT molecular complexity index is 849. The first-order valence-electron chi connectivity index (χ1n) is 9.29. The summed E-state index contributed by atoms with van der Waals surface area (Å²) in [5, 5.41) is 15.1. The van der Waals surface area contributed by atoms with Crippen molar-refractivity contribution < 1.29 is 34.9 Å². The Labute approximate surface area is 195 Å². The molecule has 0 aliphatic heterocycles. The van der Waals surface area contributed by atoms with Gasteiger partial charge in [-0.1, -0.05) is 84.2 Å². The minimum absolute atomic E-state index is 0. The number of nitrogens with zero attached hydrogens (tertiary/aromatic N) is 1. The summed E-state index contributed by atoms with van der Waals surface area (Å²) >= 11 is 2.69. The Morgan fingerprint density at radius 1 is 0.812 bits per heavy atom. The van der Waals surface area contributed by atoms with Gasteiger partial charge < -0.3 is 20.6 Å². The predicted molar refractivity (Wildman–Crippen MR) is 127 cm³/mol. The van der Waals surface area contributed by atoms with Crippen molar-refractivity contribution in [2.24, 2.45) is 0 Å². The SMILES string of the molecule is CN(C)CC(CCSC(=O)c1ccccc1)SC(=O)c1ccccc1.O.O=C(O)C(=O)O. The van der Waals surface area contributed by atoms with Gasteiger partial charge in [-0.3, -0.25) is 9.59 Å². The molecule has 0 heterocycles. The molecule has 1 atom stereocenters. The number of hydrogen-bond donors (Lipinski definition) is 2. The molecule has 0 bridgehead atoms. The highest BCUT2D eigenvalue weighted by molar-refractivity contribution is 8.15. The lowest BCUT2D eigenvalue weighted by Crippen LogP contribution is -2.25. The summed E-state index contributed by atoms with van der Waals surface area (Å²) in [5.74, 6) is -2.94. The van der Waals surface area contributed by atoms with Gasteiger partial charge in [-0.25, -0.2) is 9.59 Å². The smallest absolute Gasteiger partial charge is 0.414 e. The fraction of sp³-hybridized carbons (Fsp3) is 0.273. The van der Waals surface area contributed by atoms with Crippen LogP contribution in [-0.2, 0) is 9.59 Å². The van der Waals surface area contributed by atoms with Gasteiger partial charge in [0, 0.05) is 28.7 Å². The molecule has 2 aromatic carbocycles. The number of carboxylic acid groups (broad SMARTS) is 2. The molecule has 0 fully saturated rings. The molecule has 0 aliphatic rings. The maximum absolute atomic E-state index is 12.4. The van der Waals surface area contributed by atoms with Crippen LogP contribution in [0.2, 0.25) is 0 Å². The lowest BCUT2D eigenvalue weighted by Gasteiger charge is -2.19. The van der Waals surface area contributed by atoms with Gasteiger partial charge in [0.15, 0.2) is 0 Å². The second kappa shape index (κ2) is 16.0. The van der Waals surface area contributed by atoms with Crippen LogP contribution in [0.25, 0.3) is 0 Å². The minimum Gasteiger partial charge on any atom is -0.473 e. The van der Waals surface area contributed by atoms with Gasteiger partial charge in [0.25, 0.3) is 0 Å². The Morgan fingerprint density at radius 3 is 1.66 bits per heavy atom. The monoisotopic (exact) mass is 481 g/mol. The van der Waals surface area contributed by atoms with E-state index < -0.39 is 11.9 Å². The van der Waals surface area contributed by atoms with Crippen LogP contribution >= 0.6 is 23.5 Å². The molecule has 32 heavy (non-hydrogen) atoms. The van der Waals surface area contributed by atoms with E-state index in [0.29, 0.717) is 5.75 Å². The molecule has 1 unspecified atom stereocenters. The number of thioether (sulfide) groups is 2. The fourth-order valence-corrected chi connectivity index (χ4v) is 4.55. The quantitative estimate of drug-likeness (QED) is 0.544. The molecule has 0 amide bonds. The van der Waals surface area contributed by atoms with E-state index in [0.717, 1.165) is 24.1 Å². The first kappa shape index (κ1) is 29.3. The minimum atomic E-state index is -1.82. The number of carbonyl (C=O) groups is 4. The normalized spacial score (nSPS) is 10.8. The highest BCUT2D eigenvalue weighted by Crippen LogP contribution is 2.24. The zero-order valence-electron chi connectivity index (χ0n) is 17.8. The summed E-state index contributed by atoms with van der Waals surface area (Å²) in [6.07, 6.45) is 0.810. The second-order valence-corrected chi connectivity index (χ2v) is 8.90. The topological polar surface area (TPSA) is 143 Å². The molecular formula is C22H27NO7S2. The van der Waals surface area contributed by atoms with Crippen LogP contribution in [0.1, 0.15) is 27.1 Å². The molecule has 0 aliphatic carbocycles. The van der Waals surface area contributed by atoms with Crippen molar-refractivity contribution in [1.29, 1.82) is 0 Å². The Balaban J connectivity index is 0.00000121. The number of carboxylic acids is 2. The zero-order valence-corrected chi connectivity index (χ0v) is 19.4. The van der Waals surface area contributed by atoms with Crippen molar-refractivity contribution in [1.82, 2.24) is 4.90 Å². The van der Waals surface area contributed by atoms with Gasteiger partial charge in [-0.2, -0.15) is 0 Å². The van der Waals surface area contributed by atoms with E-state index in [9.17, 15) is 9.59 Å². The number of benzene rings is 2. The van der Waals surface area contributed by atoms with E-state index in [1.807, 2.05) is 74.8 Å². The maximum Gasteiger partial charge on any atom is 0.414 e. The van der Waals surface area contributed by atoms with Crippen LogP contribution < -0.4 is 0 Å². The number of hydrogen-bond acceptors (Lipinski definition) is 7. The van der Waals surface area contributed by atoms with E-state index in [-0.39, 0.29) is 21.0 Å². The summed E-state index contributed by atoms with van der Waals surface area (Å²) in [6, 6.07) is 18.7. The zero-order chi connectivity index (χ0) is 23.2. The molecule has 8 nitrogen and oxygen atoms in total. The van der Waals surface area contributed by atoms with Crippen molar-refractivity contribution in [3.8, 4) is 0 Å². The summed E-state index contributed by atoms with van der Waals surface area (Å²) in [6.45, 7) is 0.809. The predicted octanol–water partition coefficient (Wildman–Crippen LogP) is 2.78. The third-order valence-electron chi connectivity index (χ3n) is 3.72. The largest absolute Gasteiger partial charge is 0.473 e. The molecule has 2 aromatic rings. The molecule has 0 spiro atoms. The van der Waals surface area contributed by atoms with Crippen LogP contribution in [0.4, 0.5) is 0 Å². The third-order valence-corrected chi connectivity index (χ3v) is 5.82. The first-order chi connectivity index (χ1) is 14.7. The summed E-state index contributed by atoms with van der Waals surface area (Å²) in [7, 11) is 4.01. The summed E-state index contributed by atoms with van der Waals surface area (Å²) < 4.78 is 0. The molecule has 2 rings (SSSR count). The average Bonchev–Trinajstić information content (AvgIpc) is 2.74.